The molecule has 0 N–H and O–H groups in total. The molecule has 53 valence electrons. The smallest absolute Gasteiger partial charge is 0.341 e. The van der Waals surface area contributed by atoms with Crippen molar-refractivity contribution in [3.63, 3.8) is 0 Å². The van der Waals surface area contributed by atoms with Crippen LogP contribution in [-0.2, 0) is 9.53 Å². The van der Waals surface area contributed by atoms with E-state index in [1.807, 2.05) is 0 Å². The Kier molecular flexibility index (Phi) is 1.71. The van der Waals surface area contributed by atoms with Crippen molar-refractivity contribution in [1.29, 1.82) is 0 Å². The standard InChI is InChI=1S/C6H7N2O2/c1-4-5(3-7-8-4)6(9)10-2/h3H,1-2H3. The van der Waals surface area contributed by atoms with Crippen LogP contribution in [0.25, 0.3) is 0 Å². The maximum Gasteiger partial charge on any atom is 0.341 e. The summed E-state index contributed by atoms with van der Waals surface area (Å²) in [4.78, 5) is 10.8. The fourth-order valence-electron chi connectivity index (χ4n) is 0.631. The van der Waals surface area contributed by atoms with E-state index < -0.39 is 0 Å². The van der Waals surface area contributed by atoms with Crippen LogP contribution < -0.4 is 5.43 Å². The third-order valence-corrected chi connectivity index (χ3v) is 1.19. The predicted molar refractivity (Wildman–Crippen MR) is 35.3 cm³/mol. The summed E-state index contributed by atoms with van der Waals surface area (Å²) in [6, 6.07) is 0. The highest BCUT2D eigenvalue weighted by Crippen LogP contribution is 2.06. The minimum absolute atomic E-state index is 0.387. The van der Waals surface area contributed by atoms with Crippen LogP contribution in [0.3, 0.4) is 0 Å². The molecule has 1 heterocycles. The molecule has 4 heteroatoms. The van der Waals surface area contributed by atoms with Gasteiger partial charge in [0, 0.05) is 0 Å². The van der Waals surface area contributed by atoms with Crippen LogP contribution in [0.4, 0.5) is 0 Å². The topological polar surface area (TPSA) is 52.8 Å². The predicted octanol–water partition coefficient (Wildman–Crippen LogP) is 0.0372. The monoisotopic (exact) mass is 139 g/mol. The van der Waals surface area contributed by atoms with Gasteiger partial charge in [0.25, 0.3) is 0 Å². The zero-order chi connectivity index (χ0) is 7.56. The number of esters is 1. The number of rotatable bonds is 1. The molecule has 0 atom stereocenters. The zero-order valence-electron chi connectivity index (χ0n) is 5.79. The summed E-state index contributed by atoms with van der Waals surface area (Å²) in [5, 5.41) is 3.54. The second-order valence-corrected chi connectivity index (χ2v) is 1.84. The van der Waals surface area contributed by atoms with Crippen molar-refractivity contribution in [3.05, 3.63) is 11.3 Å². The fourth-order valence-corrected chi connectivity index (χ4v) is 0.631. The van der Waals surface area contributed by atoms with Gasteiger partial charge in [0.1, 0.15) is 5.57 Å². The molecule has 0 fully saturated rings. The third kappa shape index (κ3) is 1.00. The van der Waals surface area contributed by atoms with Crippen LogP contribution in [0.15, 0.2) is 16.4 Å². The summed E-state index contributed by atoms with van der Waals surface area (Å²) in [5.74, 6) is -0.387. The molecule has 0 aromatic carbocycles. The first-order valence-corrected chi connectivity index (χ1v) is 2.79. The van der Waals surface area contributed by atoms with Crippen LogP contribution in [-0.4, -0.2) is 19.3 Å². The largest absolute Gasteiger partial charge is 0.465 e. The summed E-state index contributed by atoms with van der Waals surface area (Å²) in [5.41, 5.74) is 4.67. The Bertz CT molecular complexity index is 218. The highest BCUT2D eigenvalue weighted by atomic mass is 16.5. The number of hydrogen-bond donors (Lipinski definition) is 0. The van der Waals surface area contributed by atoms with Crippen molar-refractivity contribution in [3.8, 4) is 0 Å². The minimum atomic E-state index is -0.387. The molecule has 4 nitrogen and oxygen atoms in total. The molecular weight excluding hydrogens is 132 g/mol. The first kappa shape index (κ1) is 6.80. The van der Waals surface area contributed by atoms with Crippen molar-refractivity contribution in [2.24, 2.45) is 5.10 Å². The Morgan fingerprint density at radius 2 is 2.40 bits per heavy atom. The van der Waals surface area contributed by atoms with E-state index in [1.54, 1.807) is 6.92 Å². The number of carbonyl (C=O) groups is 1. The summed E-state index contributed by atoms with van der Waals surface area (Å²) in [6.07, 6.45) is 1.39. The second kappa shape index (κ2) is 2.51. The Hall–Kier alpha value is -1.32. The molecule has 0 saturated heterocycles. The molecule has 0 aliphatic carbocycles. The lowest BCUT2D eigenvalue weighted by molar-refractivity contribution is -0.135. The fraction of sp³-hybridized carbons (Fsp3) is 0.333. The van der Waals surface area contributed by atoms with E-state index in [0.29, 0.717) is 11.3 Å². The molecular formula is C6H7N2O2. The normalized spacial score (nSPS) is 15.4. The molecule has 1 radical (unpaired) electrons. The average Bonchev–Trinajstić information content (AvgIpc) is 2.34. The molecule has 0 aromatic heterocycles. The molecule has 1 aliphatic heterocycles. The van der Waals surface area contributed by atoms with Crippen LogP contribution >= 0.6 is 0 Å². The molecule has 0 spiro atoms. The van der Waals surface area contributed by atoms with E-state index in [1.165, 1.54) is 13.3 Å². The molecule has 0 unspecified atom stereocenters. The van der Waals surface area contributed by atoms with Gasteiger partial charge in [-0.1, -0.05) is 0 Å². The minimum Gasteiger partial charge on any atom is -0.465 e. The molecule has 10 heavy (non-hydrogen) atoms. The summed E-state index contributed by atoms with van der Waals surface area (Å²) in [7, 11) is 1.33. The van der Waals surface area contributed by atoms with Gasteiger partial charge in [0.05, 0.1) is 19.0 Å². The van der Waals surface area contributed by atoms with E-state index >= 15 is 0 Å². The third-order valence-electron chi connectivity index (χ3n) is 1.19. The number of nitrogens with zero attached hydrogens (tertiary/aromatic N) is 2. The summed E-state index contributed by atoms with van der Waals surface area (Å²) >= 11 is 0. The first-order valence-electron chi connectivity index (χ1n) is 2.79. The Morgan fingerprint density at radius 3 is 2.80 bits per heavy atom. The average molecular weight is 139 g/mol. The number of hydrogen-bond acceptors (Lipinski definition) is 3. The van der Waals surface area contributed by atoms with Gasteiger partial charge in [-0.15, -0.1) is 0 Å². The van der Waals surface area contributed by atoms with E-state index in [-0.39, 0.29) is 5.97 Å². The van der Waals surface area contributed by atoms with E-state index in [2.05, 4.69) is 15.3 Å². The van der Waals surface area contributed by atoms with Gasteiger partial charge in [-0.05, 0) is 6.92 Å². The lowest BCUT2D eigenvalue weighted by Crippen LogP contribution is -2.06. The van der Waals surface area contributed by atoms with Crippen molar-refractivity contribution < 1.29 is 9.53 Å². The Balaban J connectivity index is 2.80. The van der Waals surface area contributed by atoms with Gasteiger partial charge in [-0.2, -0.15) is 10.5 Å². The van der Waals surface area contributed by atoms with Gasteiger partial charge >= 0.3 is 5.97 Å². The van der Waals surface area contributed by atoms with Crippen molar-refractivity contribution in [2.45, 2.75) is 6.92 Å². The number of methoxy groups -OCH3 is 1. The van der Waals surface area contributed by atoms with E-state index in [0.717, 1.165) is 0 Å². The van der Waals surface area contributed by atoms with E-state index in [9.17, 15) is 4.79 Å². The molecule has 0 amide bonds. The van der Waals surface area contributed by atoms with E-state index in [4.69, 9.17) is 0 Å². The number of allylic oxidation sites excluding steroid dienone is 1. The molecule has 0 saturated carbocycles. The van der Waals surface area contributed by atoms with Crippen LogP contribution in [0.1, 0.15) is 6.92 Å². The molecule has 1 rings (SSSR count). The maximum absolute atomic E-state index is 10.8. The van der Waals surface area contributed by atoms with Crippen molar-refractivity contribution >= 4 is 12.2 Å². The van der Waals surface area contributed by atoms with Gasteiger partial charge in [-0.25, -0.2) is 4.79 Å². The van der Waals surface area contributed by atoms with Crippen LogP contribution in [0, 0.1) is 0 Å². The zero-order valence-corrected chi connectivity index (χ0v) is 5.79. The van der Waals surface area contributed by atoms with Gasteiger partial charge in [0.2, 0.25) is 0 Å². The molecule has 1 aliphatic rings. The first-order chi connectivity index (χ1) is 4.75. The van der Waals surface area contributed by atoms with Crippen molar-refractivity contribution in [2.75, 3.05) is 7.11 Å². The van der Waals surface area contributed by atoms with Gasteiger partial charge < -0.3 is 4.74 Å². The molecule has 0 bridgehead atoms. The number of carbonyl (C=O) groups excluding carboxylic acids is 1. The van der Waals surface area contributed by atoms with Crippen LogP contribution in [0.5, 0.6) is 0 Å². The summed E-state index contributed by atoms with van der Waals surface area (Å²) in [6.45, 7) is 1.71. The summed E-state index contributed by atoms with van der Waals surface area (Å²) < 4.78 is 4.46. The van der Waals surface area contributed by atoms with Crippen molar-refractivity contribution in [1.82, 2.24) is 5.43 Å². The van der Waals surface area contributed by atoms with Gasteiger partial charge in [-0.3, -0.25) is 0 Å². The second-order valence-electron chi connectivity index (χ2n) is 1.84. The SMILES string of the molecule is COC(=O)C1=C(C)[N]N=C1. The molecule has 0 aromatic rings. The Morgan fingerprint density at radius 1 is 1.70 bits per heavy atom. The lowest BCUT2D eigenvalue weighted by atomic mass is 10.2. The lowest BCUT2D eigenvalue weighted by Gasteiger charge is -1.95. The maximum atomic E-state index is 10.8. The highest BCUT2D eigenvalue weighted by Gasteiger charge is 2.15. The van der Waals surface area contributed by atoms with Gasteiger partial charge in [0.15, 0.2) is 0 Å². The highest BCUT2D eigenvalue weighted by molar-refractivity contribution is 6.10. The van der Waals surface area contributed by atoms with Crippen LogP contribution in [0.2, 0.25) is 0 Å². The Labute approximate surface area is 58.6 Å². The quantitative estimate of drug-likeness (QED) is 0.481. The number of ether oxygens (including phenoxy) is 1.